The summed E-state index contributed by atoms with van der Waals surface area (Å²) in [6.07, 6.45) is 4.44. The number of carbonyl (C=O) groups is 2. The van der Waals surface area contributed by atoms with Gasteiger partial charge in [0.25, 0.3) is 5.91 Å². The first kappa shape index (κ1) is 18.0. The summed E-state index contributed by atoms with van der Waals surface area (Å²) in [5.74, 6) is -0.0591. The molecule has 1 aliphatic rings. The van der Waals surface area contributed by atoms with E-state index in [2.05, 4.69) is 16.9 Å². The van der Waals surface area contributed by atoms with E-state index in [1.807, 2.05) is 20.8 Å². The summed E-state index contributed by atoms with van der Waals surface area (Å²) in [6.45, 7) is 10.3. The highest BCUT2D eigenvalue weighted by atomic mass is 16.6. The molecule has 1 saturated heterocycles. The lowest BCUT2D eigenvalue weighted by Gasteiger charge is -2.33. The molecule has 1 fully saturated rings. The van der Waals surface area contributed by atoms with Crippen molar-refractivity contribution in [1.82, 2.24) is 15.2 Å². The highest BCUT2D eigenvalue weighted by Crippen LogP contribution is 2.15. The van der Waals surface area contributed by atoms with Gasteiger partial charge in [0.15, 0.2) is 0 Å². The van der Waals surface area contributed by atoms with Crippen molar-refractivity contribution >= 4 is 18.1 Å². The second kappa shape index (κ2) is 7.47. The lowest BCUT2D eigenvalue weighted by molar-refractivity contribution is 0.0452. The second-order valence-corrected chi connectivity index (χ2v) is 6.91. The Morgan fingerprint density at radius 3 is 2.88 bits per heavy atom. The molecule has 130 valence electrons. The van der Waals surface area contributed by atoms with Crippen molar-refractivity contribution in [3.63, 3.8) is 0 Å². The summed E-state index contributed by atoms with van der Waals surface area (Å²) < 4.78 is 5.28. The van der Waals surface area contributed by atoms with Gasteiger partial charge < -0.3 is 15.0 Å². The molecule has 0 unspecified atom stereocenters. The number of amides is 2. The third-order valence-electron chi connectivity index (χ3n) is 3.67. The Balaban J connectivity index is 1.98. The van der Waals surface area contributed by atoms with Gasteiger partial charge in [-0.15, -0.1) is 0 Å². The molecule has 2 heterocycles. The number of likely N-dealkylation sites (tertiary alicyclic amines) is 1. The molecule has 24 heavy (non-hydrogen) atoms. The number of aromatic nitrogens is 1. The molecule has 0 aromatic carbocycles. The van der Waals surface area contributed by atoms with Gasteiger partial charge in [0.1, 0.15) is 5.60 Å². The highest BCUT2D eigenvalue weighted by Gasteiger charge is 2.27. The van der Waals surface area contributed by atoms with Crippen LogP contribution in [0, 0.1) is 0 Å². The van der Waals surface area contributed by atoms with Crippen molar-refractivity contribution in [3.8, 4) is 0 Å². The fourth-order valence-corrected chi connectivity index (χ4v) is 2.63. The smallest absolute Gasteiger partial charge is 0.407 e. The van der Waals surface area contributed by atoms with Crippen LogP contribution in [0.4, 0.5) is 4.79 Å². The number of carbonyl (C=O) groups excluding carboxylic acids is 2. The van der Waals surface area contributed by atoms with Gasteiger partial charge in [-0.3, -0.25) is 9.78 Å². The fraction of sp³-hybridized carbons (Fsp3) is 0.500. The van der Waals surface area contributed by atoms with E-state index in [1.165, 1.54) is 0 Å². The first-order chi connectivity index (χ1) is 11.3. The molecule has 1 atom stereocenters. The molecule has 2 rings (SSSR count). The zero-order chi connectivity index (χ0) is 17.7. The summed E-state index contributed by atoms with van der Waals surface area (Å²) in [6, 6.07) is 3.32. The molecular formula is C18H25N3O3. The molecule has 1 aromatic rings. The number of nitrogens with zero attached hydrogens (tertiary/aromatic N) is 2. The van der Waals surface area contributed by atoms with Crippen LogP contribution in [0.5, 0.6) is 0 Å². The third kappa shape index (κ3) is 5.08. The van der Waals surface area contributed by atoms with E-state index in [4.69, 9.17) is 4.74 Å². The number of alkyl carbamates (subject to hydrolysis) is 1. The summed E-state index contributed by atoms with van der Waals surface area (Å²) in [4.78, 5) is 30.4. The van der Waals surface area contributed by atoms with Crippen molar-refractivity contribution in [3.05, 3.63) is 36.2 Å². The number of rotatable bonds is 3. The van der Waals surface area contributed by atoms with Gasteiger partial charge in [-0.05, 0) is 51.8 Å². The van der Waals surface area contributed by atoms with Gasteiger partial charge in [0.2, 0.25) is 0 Å². The standard InChI is InChI=1S/C18H25N3O3/c1-5-14-11-13(8-9-19-14)16(22)21-10-6-7-15(12-21)20-17(23)24-18(2,3)4/h5,8-9,11,15H,1,6-7,10,12H2,2-4H3,(H,20,23)/t15-/m1/s1. The topological polar surface area (TPSA) is 71.5 Å². The van der Waals surface area contributed by atoms with Crippen molar-refractivity contribution in [2.75, 3.05) is 13.1 Å². The number of piperidine rings is 1. The molecular weight excluding hydrogens is 306 g/mol. The monoisotopic (exact) mass is 331 g/mol. The van der Waals surface area contributed by atoms with E-state index in [0.717, 1.165) is 12.8 Å². The Morgan fingerprint density at radius 1 is 1.46 bits per heavy atom. The zero-order valence-corrected chi connectivity index (χ0v) is 14.5. The molecule has 0 radical (unpaired) electrons. The lowest BCUT2D eigenvalue weighted by Crippen LogP contribution is -2.50. The Morgan fingerprint density at radius 2 is 2.21 bits per heavy atom. The molecule has 6 nitrogen and oxygen atoms in total. The van der Waals surface area contributed by atoms with E-state index < -0.39 is 11.7 Å². The van der Waals surface area contributed by atoms with Crippen molar-refractivity contribution in [2.45, 2.75) is 45.3 Å². The van der Waals surface area contributed by atoms with Crippen molar-refractivity contribution in [1.29, 1.82) is 0 Å². The average Bonchev–Trinajstić information content (AvgIpc) is 2.52. The summed E-state index contributed by atoms with van der Waals surface area (Å²) in [5, 5.41) is 2.85. The van der Waals surface area contributed by atoms with Gasteiger partial charge in [-0.25, -0.2) is 4.79 Å². The summed E-state index contributed by atoms with van der Waals surface area (Å²) in [5.41, 5.74) is 0.714. The molecule has 6 heteroatoms. The number of pyridine rings is 1. The van der Waals surface area contributed by atoms with E-state index in [-0.39, 0.29) is 11.9 Å². The van der Waals surface area contributed by atoms with Crippen molar-refractivity contribution in [2.24, 2.45) is 0 Å². The van der Waals surface area contributed by atoms with Crippen LogP contribution in [0.2, 0.25) is 0 Å². The van der Waals surface area contributed by atoms with Crippen LogP contribution in [0.25, 0.3) is 6.08 Å². The lowest BCUT2D eigenvalue weighted by atomic mass is 10.0. The first-order valence-corrected chi connectivity index (χ1v) is 8.16. The zero-order valence-electron chi connectivity index (χ0n) is 14.5. The van der Waals surface area contributed by atoms with E-state index in [9.17, 15) is 9.59 Å². The maximum absolute atomic E-state index is 12.6. The van der Waals surface area contributed by atoms with E-state index >= 15 is 0 Å². The maximum Gasteiger partial charge on any atom is 0.407 e. The van der Waals surface area contributed by atoms with Crippen LogP contribution in [-0.4, -0.2) is 46.6 Å². The van der Waals surface area contributed by atoms with E-state index in [1.54, 1.807) is 29.3 Å². The largest absolute Gasteiger partial charge is 0.444 e. The molecule has 0 bridgehead atoms. The average molecular weight is 331 g/mol. The van der Waals surface area contributed by atoms with Crippen LogP contribution >= 0.6 is 0 Å². The predicted molar refractivity (Wildman–Crippen MR) is 92.6 cm³/mol. The number of hydrogen-bond acceptors (Lipinski definition) is 4. The third-order valence-corrected chi connectivity index (χ3v) is 3.67. The minimum Gasteiger partial charge on any atom is -0.444 e. The minimum atomic E-state index is -0.535. The van der Waals surface area contributed by atoms with Gasteiger partial charge in [0, 0.05) is 30.9 Å². The Hall–Kier alpha value is -2.37. The molecule has 2 amide bonds. The molecule has 1 aliphatic heterocycles. The van der Waals surface area contributed by atoms with Crippen LogP contribution < -0.4 is 5.32 Å². The van der Waals surface area contributed by atoms with Crippen LogP contribution in [0.3, 0.4) is 0 Å². The quantitative estimate of drug-likeness (QED) is 0.924. The normalized spacial score (nSPS) is 18.0. The highest BCUT2D eigenvalue weighted by molar-refractivity contribution is 5.94. The van der Waals surface area contributed by atoms with Gasteiger partial charge >= 0.3 is 6.09 Å². The SMILES string of the molecule is C=Cc1cc(C(=O)N2CCC[C@@H](NC(=O)OC(C)(C)C)C2)ccn1. The Kier molecular flexibility index (Phi) is 5.59. The first-order valence-electron chi connectivity index (χ1n) is 8.16. The number of hydrogen-bond donors (Lipinski definition) is 1. The van der Waals surface area contributed by atoms with Gasteiger partial charge in [0.05, 0.1) is 5.69 Å². The van der Waals surface area contributed by atoms with Crippen LogP contribution in [0.1, 0.15) is 49.7 Å². The fourth-order valence-electron chi connectivity index (χ4n) is 2.63. The van der Waals surface area contributed by atoms with E-state index in [0.29, 0.717) is 24.3 Å². The minimum absolute atomic E-state index is 0.0591. The Bertz CT molecular complexity index is 622. The second-order valence-electron chi connectivity index (χ2n) is 6.91. The number of nitrogens with one attached hydrogen (secondary N) is 1. The van der Waals surface area contributed by atoms with Gasteiger partial charge in [-0.2, -0.15) is 0 Å². The molecule has 1 N–H and O–H groups in total. The summed E-state index contributed by atoms with van der Waals surface area (Å²) in [7, 11) is 0. The maximum atomic E-state index is 12.6. The van der Waals surface area contributed by atoms with Gasteiger partial charge in [-0.1, -0.05) is 6.58 Å². The Labute approximate surface area is 142 Å². The number of ether oxygens (including phenoxy) is 1. The molecule has 1 aromatic heterocycles. The molecule has 0 aliphatic carbocycles. The molecule has 0 spiro atoms. The van der Waals surface area contributed by atoms with Crippen LogP contribution in [-0.2, 0) is 4.74 Å². The predicted octanol–water partition coefficient (Wildman–Crippen LogP) is 2.85. The van der Waals surface area contributed by atoms with Crippen LogP contribution in [0.15, 0.2) is 24.9 Å². The van der Waals surface area contributed by atoms with Crippen molar-refractivity contribution < 1.29 is 14.3 Å². The summed E-state index contributed by atoms with van der Waals surface area (Å²) >= 11 is 0. The molecule has 0 saturated carbocycles.